The van der Waals surface area contributed by atoms with Crippen molar-refractivity contribution in [3.8, 4) is 5.75 Å². The highest BCUT2D eigenvalue weighted by molar-refractivity contribution is 14.1. The number of hydrogen-bond donors (Lipinski definition) is 0. The lowest BCUT2D eigenvalue weighted by molar-refractivity contribution is -0.275. The third-order valence-corrected chi connectivity index (χ3v) is 2.70. The Morgan fingerprint density at radius 3 is 2.41 bits per heavy atom. The molecule has 0 amide bonds. The summed E-state index contributed by atoms with van der Waals surface area (Å²) in [6, 6.07) is 0.860. The molecule has 0 atom stereocenters. The smallest absolute Gasteiger partial charge is 0.403 e. The van der Waals surface area contributed by atoms with E-state index in [1.807, 2.05) is 0 Å². The van der Waals surface area contributed by atoms with Gasteiger partial charge in [-0.15, -0.1) is 13.2 Å². The Balaban J connectivity index is 3.32. The molecule has 0 bridgehead atoms. The van der Waals surface area contributed by atoms with E-state index in [1.54, 1.807) is 22.6 Å². The van der Waals surface area contributed by atoms with Crippen molar-refractivity contribution >= 4 is 38.5 Å². The largest absolute Gasteiger partial charge is 0.573 e. The van der Waals surface area contributed by atoms with Gasteiger partial charge in [0.15, 0.2) is 5.75 Å². The van der Waals surface area contributed by atoms with Crippen LogP contribution in [0, 0.1) is 3.70 Å². The van der Waals surface area contributed by atoms with Gasteiger partial charge in [0.1, 0.15) is 3.70 Å². The van der Waals surface area contributed by atoms with Crippen LogP contribution in [0.3, 0.4) is 0 Å². The second-order valence-corrected chi connectivity index (χ2v) is 4.46. The molecule has 0 aliphatic carbocycles. The molecule has 0 unspecified atom stereocenters. The number of rotatable bonds is 3. The molecule has 96 valence electrons. The van der Waals surface area contributed by atoms with Crippen LogP contribution in [0.5, 0.6) is 5.75 Å². The molecule has 1 heterocycles. The summed E-state index contributed by atoms with van der Waals surface area (Å²) in [6.45, 7) is 0. The Bertz CT molecular complexity index is 412. The number of pyridine rings is 1. The predicted octanol–water partition coefficient (Wildman–Crippen LogP) is 4.42. The summed E-state index contributed by atoms with van der Waals surface area (Å²) in [7, 11) is 0. The van der Waals surface area contributed by atoms with Gasteiger partial charge >= 0.3 is 6.36 Å². The summed E-state index contributed by atoms with van der Waals surface area (Å²) in [5.41, 5.74) is -1.04. The molecular formula is C8H4BrF5INO. The predicted molar refractivity (Wildman–Crippen MR) is 61.2 cm³/mol. The monoisotopic (exact) mass is 431 g/mol. The van der Waals surface area contributed by atoms with Gasteiger partial charge in [0.05, 0.1) is 11.3 Å². The van der Waals surface area contributed by atoms with Gasteiger partial charge in [-0.1, -0.05) is 15.9 Å². The fourth-order valence-corrected chi connectivity index (χ4v) is 2.07. The second-order valence-electron chi connectivity index (χ2n) is 2.79. The molecule has 2 nitrogen and oxygen atoms in total. The zero-order valence-electron chi connectivity index (χ0n) is 7.86. The van der Waals surface area contributed by atoms with Crippen LogP contribution in [0.25, 0.3) is 0 Å². The first kappa shape index (κ1) is 14.9. The highest BCUT2D eigenvalue weighted by Crippen LogP contribution is 2.36. The normalized spacial score (nSPS) is 12.0. The minimum absolute atomic E-state index is 0.116. The number of hydrogen-bond acceptors (Lipinski definition) is 2. The molecule has 0 fully saturated rings. The molecule has 0 spiro atoms. The quantitative estimate of drug-likeness (QED) is 0.306. The maximum absolute atomic E-state index is 12.6. The van der Waals surface area contributed by atoms with Crippen molar-refractivity contribution in [3.05, 3.63) is 21.0 Å². The van der Waals surface area contributed by atoms with Crippen LogP contribution in [0.2, 0.25) is 0 Å². The molecular weight excluding hydrogens is 428 g/mol. The third kappa shape index (κ3) is 4.19. The van der Waals surface area contributed by atoms with Crippen LogP contribution in [0.1, 0.15) is 17.7 Å². The van der Waals surface area contributed by atoms with Gasteiger partial charge in [-0.25, -0.2) is 13.8 Å². The Morgan fingerprint density at radius 2 is 2.00 bits per heavy atom. The van der Waals surface area contributed by atoms with Gasteiger partial charge in [0.2, 0.25) is 0 Å². The van der Waals surface area contributed by atoms with Crippen LogP contribution in [0.15, 0.2) is 6.07 Å². The Hall–Kier alpha value is -0.190. The standard InChI is InChI=1S/C8H4BrF5INO/c9-2-4-6(17-8(12,13)14)3(7(10)11)1-5(15)16-4/h1,7H,2H2. The van der Waals surface area contributed by atoms with Crippen molar-refractivity contribution in [3.63, 3.8) is 0 Å². The van der Waals surface area contributed by atoms with Crippen LogP contribution in [0.4, 0.5) is 22.0 Å². The van der Waals surface area contributed by atoms with Crippen molar-refractivity contribution in [1.82, 2.24) is 4.98 Å². The highest BCUT2D eigenvalue weighted by atomic mass is 127. The number of nitrogens with zero attached hydrogens (tertiary/aromatic N) is 1. The van der Waals surface area contributed by atoms with Crippen molar-refractivity contribution in [2.75, 3.05) is 0 Å². The van der Waals surface area contributed by atoms with Crippen LogP contribution in [-0.2, 0) is 5.33 Å². The Morgan fingerprint density at radius 1 is 1.41 bits per heavy atom. The minimum atomic E-state index is -5.03. The fraction of sp³-hybridized carbons (Fsp3) is 0.375. The van der Waals surface area contributed by atoms with E-state index < -0.39 is 24.1 Å². The van der Waals surface area contributed by atoms with E-state index in [4.69, 9.17) is 0 Å². The lowest BCUT2D eigenvalue weighted by Gasteiger charge is -2.15. The van der Waals surface area contributed by atoms with Gasteiger partial charge in [-0.3, -0.25) is 0 Å². The topological polar surface area (TPSA) is 22.1 Å². The van der Waals surface area contributed by atoms with Gasteiger partial charge in [0.25, 0.3) is 6.43 Å². The molecule has 0 aliphatic heterocycles. The average molecular weight is 432 g/mol. The molecule has 17 heavy (non-hydrogen) atoms. The van der Waals surface area contributed by atoms with Crippen LogP contribution < -0.4 is 4.74 Å². The van der Waals surface area contributed by atoms with E-state index in [1.165, 1.54) is 0 Å². The maximum Gasteiger partial charge on any atom is 0.573 e. The van der Waals surface area contributed by atoms with Crippen molar-refractivity contribution in [2.45, 2.75) is 18.1 Å². The molecule has 1 aromatic rings. The average Bonchev–Trinajstić information content (AvgIpc) is 2.17. The van der Waals surface area contributed by atoms with Crippen molar-refractivity contribution in [2.24, 2.45) is 0 Å². The highest BCUT2D eigenvalue weighted by Gasteiger charge is 2.35. The molecule has 0 radical (unpaired) electrons. The third-order valence-electron chi connectivity index (χ3n) is 1.62. The summed E-state index contributed by atoms with van der Waals surface area (Å²) >= 11 is 4.51. The number of halogens is 7. The fourth-order valence-electron chi connectivity index (χ4n) is 1.06. The molecule has 9 heteroatoms. The molecule has 0 aromatic carbocycles. The lowest BCUT2D eigenvalue weighted by atomic mass is 10.2. The van der Waals surface area contributed by atoms with E-state index in [-0.39, 0.29) is 14.7 Å². The van der Waals surface area contributed by atoms with Gasteiger partial charge in [-0.2, -0.15) is 0 Å². The summed E-state index contributed by atoms with van der Waals surface area (Å²) in [4.78, 5) is 3.70. The number of alkyl halides is 6. The first-order valence-corrected chi connectivity index (χ1v) is 6.23. The molecule has 1 rings (SSSR count). The van der Waals surface area contributed by atoms with Gasteiger partial charge in [-0.05, 0) is 28.7 Å². The van der Waals surface area contributed by atoms with Crippen molar-refractivity contribution in [1.29, 1.82) is 0 Å². The minimum Gasteiger partial charge on any atom is -0.403 e. The first-order chi connectivity index (χ1) is 7.74. The summed E-state index contributed by atoms with van der Waals surface area (Å²) in [5, 5.41) is -0.116. The lowest BCUT2D eigenvalue weighted by Crippen LogP contribution is -2.20. The van der Waals surface area contributed by atoms with E-state index in [2.05, 4.69) is 25.7 Å². The Kier molecular flexibility index (Phi) is 4.93. The maximum atomic E-state index is 12.6. The van der Waals surface area contributed by atoms with Crippen molar-refractivity contribution < 1.29 is 26.7 Å². The van der Waals surface area contributed by atoms with E-state index in [0.717, 1.165) is 6.07 Å². The second kappa shape index (κ2) is 5.63. The molecule has 0 aliphatic rings. The first-order valence-electron chi connectivity index (χ1n) is 4.03. The van der Waals surface area contributed by atoms with Crippen LogP contribution in [-0.4, -0.2) is 11.3 Å². The van der Waals surface area contributed by atoms with E-state index in [9.17, 15) is 22.0 Å². The summed E-state index contributed by atoms with van der Waals surface area (Å²) < 4.78 is 65.2. The molecule has 0 N–H and O–H groups in total. The zero-order chi connectivity index (χ0) is 13.2. The van der Waals surface area contributed by atoms with Gasteiger partial charge in [0, 0.05) is 5.33 Å². The Labute approximate surface area is 115 Å². The SMILES string of the molecule is FC(F)c1cc(I)nc(CBr)c1OC(F)(F)F. The van der Waals surface area contributed by atoms with Crippen LogP contribution >= 0.6 is 38.5 Å². The van der Waals surface area contributed by atoms with Gasteiger partial charge < -0.3 is 4.74 Å². The molecule has 0 saturated heterocycles. The number of ether oxygens (including phenoxy) is 1. The zero-order valence-corrected chi connectivity index (χ0v) is 11.6. The number of aromatic nitrogens is 1. The summed E-state index contributed by atoms with van der Waals surface area (Å²) in [6.07, 6.45) is -8.10. The van der Waals surface area contributed by atoms with E-state index in [0.29, 0.717) is 0 Å². The van der Waals surface area contributed by atoms with E-state index >= 15 is 0 Å². The molecule has 0 saturated carbocycles. The molecule has 1 aromatic heterocycles. The summed E-state index contributed by atoms with van der Waals surface area (Å²) in [5.74, 6) is -0.940.